The quantitative estimate of drug-likeness (QED) is 0.518. The first-order valence-corrected chi connectivity index (χ1v) is 8.34. The molecule has 0 saturated heterocycles. The zero-order chi connectivity index (χ0) is 18.3. The molecule has 0 heterocycles. The van der Waals surface area contributed by atoms with E-state index in [1.54, 1.807) is 7.11 Å². The van der Waals surface area contributed by atoms with Crippen molar-refractivity contribution in [1.29, 1.82) is 0 Å². The van der Waals surface area contributed by atoms with Crippen LogP contribution in [0.1, 0.15) is 48.5 Å². The Balaban J connectivity index is 4.32. The predicted molar refractivity (Wildman–Crippen MR) is 90.0 cm³/mol. The molecule has 0 aromatic carbocycles. The maximum Gasteiger partial charge on any atom is 0.268 e. The summed E-state index contributed by atoms with van der Waals surface area (Å²) in [6.07, 6.45) is 0. The van der Waals surface area contributed by atoms with Gasteiger partial charge in [0, 0.05) is 27.2 Å². The van der Waals surface area contributed by atoms with Crippen molar-refractivity contribution in [3.63, 3.8) is 0 Å². The first kappa shape index (κ1) is 22.7. The summed E-state index contributed by atoms with van der Waals surface area (Å²) < 4.78 is 42.0. The van der Waals surface area contributed by atoms with Gasteiger partial charge < -0.3 is 14.2 Å². The molecule has 0 spiro atoms. The minimum Gasteiger partial charge on any atom is -0.384 e. The van der Waals surface area contributed by atoms with E-state index in [4.69, 9.17) is 14.2 Å². The third-order valence-corrected chi connectivity index (χ3v) is 4.90. The van der Waals surface area contributed by atoms with Gasteiger partial charge in [-0.3, -0.25) is 0 Å². The lowest BCUT2D eigenvalue weighted by atomic mass is 9.69. The third kappa shape index (κ3) is 8.96. The second-order valence-corrected chi connectivity index (χ2v) is 8.26. The molecule has 2 unspecified atom stereocenters. The van der Waals surface area contributed by atoms with Gasteiger partial charge in [0.25, 0.3) is 5.92 Å². The highest BCUT2D eigenvalue weighted by Gasteiger charge is 2.38. The van der Waals surface area contributed by atoms with Gasteiger partial charge in [0.15, 0.2) is 0 Å². The van der Waals surface area contributed by atoms with Gasteiger partial charge in [0.1, 0.15) is 6.61 Å². The molecule has 5 heteroatoms. The highest BCUT2D eigenvalue weighted by Crippen LogP contribution is 2.39. The molecule has 0 amide bonds. The molecule has 23 heavy (non-hydrogen) atoms. The van der Waals surface area contributed by atoms with E-state index in [1.165, 1.54) is 0 Å². The molecule has 0 bridgehead atoms. The molecule has 0 fully saturated rings. The Hall–Kier alpha value is -0.260. The zero-order valence-electron chi connectivity index (χ0n) is 16.2. The van der Waals surface area contributed by atoms with Crippen LogP contribution < -0.4 is 0 Å². The fraction of sp³-hybridized carbons (Fsp3) is 1.00. The van der Waals surface area contributed by atoms with E-state index in [-0.39, 0.29) is 17.4 Å². The minimum absolute atomic E-state index is 0.180. The third-order valence-electron chi connectivity index (χ3n) is 4.90. The molecule has 0 aliphatic carbocycles. The molecule has 3 nitrogen and oxygen atoms in total. The van der Waals surface area contributed by atoms with Gasteiger partial charge in [0.2, 0.25) is 0 Å². The second-order valence-electron chi connectivity index (χ2n) is 8.26. The van der Waals surface area contributed by atoms with Crippen LogP contribution >= 0.6 is 0 Å². The van der Waals surface area contributed by atoms with E-state index in [2.05, 4.69) is 27.7 Å². The molecule has 0 N–H and O–H groups in total. The predicted octanol–water partition coefficient (Wildman–Crippen LogP) is 4.65. The van der Waals surface area contributed by atoms with Crippen LogP contribution in [0.4, 0.5) is 8.78 Å². The Kier molecular flexibility index (Phi) is 9.18. The van der Waals surface area contributed by atoms with Crippen LogP contribution in [0.3, 0.4) is 0 Å². The Morgan fingerprint density at radius 2 is 1.17 bits per heavy atom. The number of methoxy groups -OCH3 is 1. The monoisotopic (exact) mass is 338 g/mol. The summed E-state index contributed by atoms with van der Waals surface area (Å²) in [5, 5.41) is 0. The van der Waals surface area contributed by atoms with E-state index < -0.39 is 12.5 Å². The first-order chi connectivity index (χ1) is 10.3. The Labute approximate surface area is 141 Å². The molecule has 0 radical (unpaired) electrons. The van der Waals surface area contributed by atoms with Crippen molar-refractivity contribution in [1.82, 2.24) is 0 Å². The summed E-state index contributed by atoms with van der Waals surface area (Å²) in [6, 6.07) is 0. The molecule has 0 rings (SSSR count). The summed E-state index contributed by atoms with van der Waals surface area (Å²) in [7, 11) is 1.70. The lowest BCUT2D eigenvalue weighted by Crippen LogP contribution is -2.41. The lowest BCUT2D eigenvalue weighted by molar-refractivity contribution is -0.107. The average molecular weight is 338 g/mol. The van der Waals surface area contributed by atoms with Crippen molar-refractivity contribution in [3.05, 3.63) is 0 Å². The topological polar surface area (TPSA) is 27.7 Å². The molecule has 0 aromatic rings. The van der Waals surface area contributed by atoms with E-state index in [0.29, 0.717) is 25.0 Å². The van der Waals surface area contributed by atoms with Crippen LogP contribution in [0.15, 0.2) is 0 Å². The van der Waals surface area contributed by atoms with Crippen LogP contribution in [0.25, 0.3) is 0 Å². The molecule has 0 aliphatic rings. The van der Waals surface area contributed by atoms with Crippen molar-refractivity contribution in [2.75, 3.05) is 40.1 Å². The van der Waals surface area contributed by atoms with Crippen LogP contribution in [-0.4, -0.2) is 46.1 Å². The highest BCUT2D eigenvalue weighted by atomic mass is 19.3. The number of hydrogen-bond acceptors (Lipinski definition) is 3. The highest BCUT2D eigenvalue weighted by molar-refractivity contribution is 4.86. The number of halogens is 2. The number of alkyl halides is 2. The molecule has 0 saturated carbocycles. The maximum absolute atomic E-state index is 12.9. The lowest BCUT2D eigenvalue weighted by Gasteiger charge is -2.41. The van der Waals surface area contributed by atoms with Gasteiger partial charge in [-0.15, -0.1) is 0 Å². The first-order valence-electron chi connectivity index (χ1n) is 8.34. The molecule has 0 aromatic heterocycles. The van der Waals surface area contributed by atoms with Crippen molar-refractivity contribution in [3.8, 4) is 0 Å². The summed E-state index contributed by atoms with van der Waals surface area (Å²) in [6.45, 7) is 15.1. The van der Waals surface area contributed by atoms with Crippen LogP contribution in [0, 0.1) is 22.7 Å². The van der Waals surface area contributed by atoms with E-state index in [0.717, 1.165) is 13.5 Å². The van der Waals surface area contributed by atoms with E-state index in [1.807, 2.05) is 13.8 Å². The standard InChI is InChI=1S/C18H36F2O3/c1-14(9-21-8)15(2)10-22-11-16(3,4)17(5,6)12-23-13-18(7,19)20/h14-15H,9-13H2,1-8H3. The van der Waals surface area contributed by atoms with Crippen LogP contribution in [0.5, 0.6) is 0 Å². The molecule has 0 aliphatic heterocycles. The average Bonchev–Trinajstić information content (AvgIpc) is 2.36. The smallest absolute Gasteiger partial charge is 0.268 e. The summed E-state index contributed by atoms with van der Waals surface area (Å²) >= 11 is 0. The fourth-order valence-electron chi connectivity index (χ4n) is 1.97. The van der Waals surface area contributed by atoms with E-state index >= 15 is 0 Å². The van der Waals surface area contributed by atoms with Gasteiger partial charge in [-0.05, 0) is 22.7 Å². The summed E-state index contributed by atoms with van der Waals surface area (Å²) in [5.74, 6) is -1.95. The van der Waals surface area contributed by atoms with Gasteiger partial charge >= 0.3 is 0 Å². The second kappa shape index (κ2) is 9.28. The molecular formula is C18H36F2O3. The van der Waals surface area contributed by atoms with E-state index in [9.17, 15) is 8.78 Å². The maximum atomic E-state index is 12.9. The zero-order valence-corrected chi connectivity index (χ0v) is 16.2. The minimum atomic E-state index is -2.79. The van der Waals surface area contributed by atoms with Gasteiger partial charge in [-0.2, -0.15) is 0 Å². The number of hydrogen-bond donors (Lipinski definition) is 0. The molecule has 140 valence electrons. The SMILES string of the molecule is COCC(C)C(C)COCC(C)(C)C(C)(C)COCC(C)(F)F. The van der Waals surface area contributed by atoms with Crippen molar-refractivity contribution in [2.24, 2.45) is 22.7 Å². The van der Waals surface area contributed by atoms with Crippen LogP contribution in [0.2, 0.25) is 0 Å². The fourth-order valence-corrected chi connectivity index (χ4v) is 1.97. The number of ether oxygens (including phenoxy) is 3. The van der Waals surface area contributed by atoms with Crippen molar-refractivity contribution < 1.29 is 23.0 Å². The van der Waals surface area contributed by atoms with Gasteiger partial charge in [0.05, 0.1) is 13.2 Å². The Morgan fingerprint density at radius 3 is 1.61 bits per heavy atom. The normalized spacial score (nSPS) is 16.4. The van der Waals surface area contributed by atoms with Crippen molar-refractivity contribution >= 4 is 0 Å². The molecule has 2 atom stereocenters. The largest absolute Gasteiger partial charge is 0.384 e. The van der Waals surface area contributed by atoms with Crippen LogP contribution in [-0.2, 0) is 14.2 Å². The Bertz CT molecular complexity index is 325. The van der Waals surface area contributed by atoms with Gasteiger partial charge in [-0.25, -0.2) is 8.78 Å². The van der Waals surface area contributed by atoms with Gasteiger partial charge in [-0.1, -0.05) is 41.5 Å². The number of rotatable bonds is 12. The van der Waals surface area contributed by atoms with Crippen molar-refractivity contribution in [2.45, 2.75) is 54.4 Å². The molecular weight excluding hydrogens is 302 g/mol. The summed E-state index contributed by atoms with van der Waals surface area (Å²) in [5.41, 5.74) is -0.445. The Morgan fingerprint density at radius 1 is 0.739 bits per heavy atom. The summed E-state index contributed by atoms with van der Waals surface area (Å²) in [4.78, 5) is 0.